The molecule has 1 aliphatic rings. The standard InChI is InChI=1S/C9H11NO/c1-7-2-3-8(10-6-7)9(11)4-5-9/h2-3,6,11H,4-5H2,1H3. The predicted octanol–water partition coefficient (Wildman–Crippen LogP) is 1.37. The second-order valence-corrected chi connectivity index (χ2v) is 3.25. The zero-order chi connectivity index (χ0) is 7.90. The molecule has 11 heavy (non-hydrogen) atoms. The van der Waals surface area contributed by atoms with Crippen molar-refractivity contribution in [1.82, 2.24) is 4.98 Å². The van der Waals surface area contributed by atoms with Gasteiger partial charge in [-0.3, -0.25) is 4.98 Å². The van der Waals surface area contributed by atoms with Gasteiger partial charge in [-0.2, -0.15) is 0 Å². The number of nitrogens with zero attached hydrogens (tertiary/aromatic N) is 1. The van der Waals surface area contributed by atoms with Gasteiger partial charge in [-0.05, 0) is 31.4 Å². The Bertz CT molecular complexity index is 261. The summed E-state index contributed by atoms with van der Waals surface area (Å²) in [4.78, 5) is 4.16. The van der Waals surface area contributed by atoms with E-state index in [0.29, 0.717) is 0 Å². The second kappa shape index (κ2) is 2.05. The fourth-order valence-corrected chi connectivity index (χ4v) is 1.12. The average molecular weight is 149 g/mol. The molecular weight excluding hydrogens is 138 g/mol. The maximum absolute atomic E-state index is 9.63. The van der Waals surface area contributed by atoms with Gasteiger partial charge < -0.3 is 5.11 Å². The van der Waals surface area contributed by atoms with Gasteiger partial charge in [-0.25, -0.2) is 0 Å². The van der Waals surface area contributed by atoms with Crippen molar-refractivity contribution in [3.63, 3.8) is 0 Å². The van der Waals surface area contributed by atoms with Crippen LogP contribution in [0.5, 0.6) is 0 Å². The van der Waals surface area contributed by atoms with Crippen molar-refractivity contribution in [2.75, 3.05) is 0 Å². The van der Waals surface area contributed by atoms with Crippen molar-refractivity contribution in [3.8, 4) is 0 Å². The molecule has 1 heterocycles. The van der Waals surface area contributed by atoms with Crippen LogP contribution in [0, 0.1) is 6.92 Å². The average Bonchev–Trinajstić information content (AvgIpc) is 2.70. The van der Waals surface area contributed by atoms with E-state index in [4.69, 9.17) is 0 Å². The second-order valence-electron chi connectivity index (χ2n) is 3.25. The number of aryl methyl sites for hydroxylation is 1. The molecule has 0 unspecified atom stereocenters. The van der Waals surface area contributed by atoms with Gasteiger partial charge >= 0.3 is 0 Å². The fourth-order valence-electron chi connectivity index (χ4n) is 1.12. The van der Waals surface area contributed by atoms with Gasteiger partial charge in [0, 0.05) is 6.20 Å². The van der Waals surface area contributed by atoms with Crippen molar-refractivity contribution in [3.05, 3.63) is 29.6 Å². The number of hydrogen-bond donors (Lipinski definition) is 1. The van der Waals surface area contributed by atoms with Crippen LogP contribution in [0.4, 0.5) is 0 Å². The van der Waals surface area contributed by atoms with E-state index in [9.17, 15) is 5.11 Å². The van der Waals surface area contributed by atoms with Gasteiger partial charge in [0.2, 0.25) is 0 Å². The molecular formula is C9H11NO. The molecule has 1 N–H and O–H groups in total. The molecule has 1 fully saturated rings. The normalized spacial score (nSPS) is 19.8. The first-order valence-corrected chi connectivity index (χ1v) is 3.86. The Balaban J connectivity index is 2.33. The third-order valence-corrected chi connectivity index (χ3v) is 2.11. The highest BCUT2D eigenvalue weighted by Gasteiger charge is 2.43. The quantitative estimate of drug-likeness (QED) is 0.654. The van der Waals surface area contributed by atoms with Gasteiger partial charge in [0.05, 0.1) is 5.69 Å². The van der Waals surface area contributed by atoms with Crippen LogP contribution in [0.2, 0.25) is 0 Å². The molecule has 58 valence electrons. The molecule has 0 radical (unpaired) electrons. The summed E-state index contributed by atoms with van der Waals surface area (Å²) < 4.78 is 0. The summed E-state index contributed by atoms with van der Waals surface area (Å²) in [5.41, 5.74) is 1.38. The summed E-state index contributed by atoms with van der Waals surface area (Å²) in [6, 6.07) is 3.89. The van der Waals surface area contributed by atoms with E-state index >= 15 is 0 Å². The lowest BCUT2D eigenvalue weighted by molar-refractivity contribution is 0.146. The topological polar surface area (TPSA) is 33.1 Å². The SMILES string of the molecule is Cc1ccc(C2(O)CC2)nc1. The molecule has 0 bridgehead atoms. The maximum atomic E-state index is 9.63. The minimum absolute atomic E-state index is 0.576. The number of aliphatic hydroxyl groups is 1. The van der Waals surface area contributed by atoms with Crippen LogP contribution in [0.1, 0.15) is 24.1 Å². The Morgan fingerprint density at radius 2 is 2.18 bits per heavy atom. The number of rotatable bonds is 1. The van der Waals surface area contributed by atoms with E-state index in [1.54, 1.807) is 6.20 Å². The van der Waals surface area contributed by atoms with Crippen molar-refractivity contribution < 1.29 is 5.11 Å². The lowest BCUT2D eigenvalue weighted by Crippen LogP contribution is -2.06. The summed E-state index contributed by atoms with van der Waals surface area (Å²) in [7, 11) is 0. The Morgan fingerprint density at radius 3 is 2.64 bits per heavy atom. The summed E-state index contributed by atoms with van der Waals surface area (Å²) in [6.45, 7) is 1.99. The monoisotopic (exact) mass is 149 g/mol. The highest BCUT2D eigenvalue weighted by atomic mass is 16.3. The third kappa shape index (κ3) is 1.14. The summed E-state index contributed by atoms with van der Waals surface area (Å²) in [5.74, 6) is 0. The first-order valence-electron chi connectivity index (χ1n) is 3.86. The fraction of sp³-hybridized carbons (Fsp3) is 0.444. The smallest absolute Gasteiger partial charge is 0.107 e. The zero-order valence-electron chi connectivity index (χ0n) is 6.54. The van der Waals surface area contributed by atoms with Crippen LogP contribution in [-0.2, 0) is 5.60 Å². The highest BCUT2D eigenvalue weighted by molar-refractivity contribution is 5.22. The molecule has 0 amide bonds. The maximum Gasteiger partial charge on any atom is 0.107 e. The van der Waals surface area contributed by atoms with Crippen LogP contribution < -0.4 is 0 Å². The van der Waals surface area contributed by atoms with Crippen molar-refractivity contribution in [1.29, 1.82) is 0 Å². The molecule has 1 aromatic heterocycles. The number of pyridine rings is 1. The molecule has 1 aliphatic carbocycles. The molecule has 0 aromatic carbocycles. The first-order chi connectivity index (χ1) is 5.21. The molecule has 1 saturated carbocycles. The Morgan fingerprint density at radius 1 is 1.45 bits per heavy atom. The van der Waals surface area contributed by atoms with Crippen molar-refractivity contribution >= 4 is 0 Å². The van der Waals surface area contributed by atoms with Crippen LogP contribution in [0.25, 0.3) is 0 Å². The van der Waals surface area contributed by atoms with Gasteiger partial charge in [-0.1, -0.05) is 6.07 Å². The third-order valence-electron chi connectivity index (χ3n) is 2.11. The minimum Gasteiger partial charge on any atom is -0.384 e. The van der Waals surface area contributed by atoms with E-state index in [0.717, 1.165) is 24.1 Å². The highest BCUT2D eigenvalue weighted by Crippen LogP contribution is 2.43. The Labute approximate surface area is 65.9 Å². The van der Waals surface area contributed by atoms with E-state index in [1.807, 2.05) is 19.1 Å². The van der Waals surface area contributed by atoms with Gasteiger partial charge in [0.15, 0.2) is 0 Å². The molecule has 2 heteroatoms. The molecule has 1 aromatic rings. The van der Waals surface area contributed by atoms with Crippen LogP contribution in [-0.4, -0.2) is 10.1 Å². The largest absolute Gasteiger partial charge is 0.384 e. The lowest BCUT2D eigenvalue weighted by atomic mass is 10.2. The molecule has 2 nitrogen and oxygen atoms in total. The Hall–Kier alpha value is -0.890. The number of hydrogen-bond acceptors (Lipinski definition) is 2. The lowest BCUT2D eigenvalue weighted by Gasteiger charge is -2.05. The molecule has 0 aliphatic heterocycles. The molecule has 0 saturated heterocycles. The number of aromatic nitrogens is 1. The van der Waals surface area contributed by atoms with Crippen LogP contribution >= 0.6 is 0 Å². The summed E-state index contributed by atoms with van der Waals surface area (Å²) >= 11 is 0. The summed E-state index contributed by atoms with van der Waals surface area (Å²) in [5, 5.41) is 9.63. The van der Waals surface area contributed by atoms with E-state index < -0.39 is 5.60 Å². The van der Waals surface area contributed by atoms with Gasteiger partial charge in [0.1, 0.15) is 5.60 Å². The van der Waals surface area contributed by atoms with Gasteiger partial charge in [0.25, 0.3) is 0 Å². The zero-order valence-corrected chi connectivity index (χ0v) is 6.54. The molecule has 0 spiro atoms. The van der Waals surface area contributed by atoms with E-state index in [-0.39, 0.29) is 0 Å². The summed E-state index contributed by atoms with van der Waals surface area (Å²) in [6.07, 6.45) is 3.53. The van der Waals surface area contributed by atoms with E-state index in [1.165, 1.54) is 0 Å². The Kier molecular flexibility index (Phi) is 1.26. The first kappa shape index (κ1) is 6.80. The minimum atomic E-state index is -0.576. The van der Waals surface area contributed by atoms with Crippen molar-refractivity contribution in [2.45, 2.75) is 25.4 Å². The van der Waals surface area contributed by atoms with Crippen molar-refractivity contribution in [2.24, 2.45) is 0 Å². The van der Waals surface area contributed by atoms with Crippen LogP contribution in [0.3, 0.4) is 0 Å². The molecule has 0 atom stereocenters. The van der Waals surface area contributed by atoms with E-state index in [2.05, 4.69) is 4.98 Å². The predicted molar refractivity (Wildman–Crippen MR) is 42.1 cm³/mol. The van der Waals surface area contributed by atoms with Crippen LogP contribution in [0.15, 0.2) is 18.3 Å². The molecule has 2 rings (SSSR count). The van der Waals surface area contributed by atoms with Gasteiger partial charge in [-0.15, -0.1) is 0 Å².